The topological polar surface area (TPSA) is 61.6 Å². The maximum Gasteiger partial charge on any atom is 0.310 e. The first-order chi connectivity index (χ1) is 18.8. The van der Waals surface area contributed by atoms with Gasteiger partial charge in [-0.15, -0.1) is 0 Å². The highest BCUT2D eigenvalue weighted by atomic mass is 19.1. The van der Waals surface area contributed by atoms with Crippen molar-refractivity contribution in [3.63, 3.8) is 0 Å². The van der Waals surface area contributed by atoms with Crippen LogP contribution < -0.4 is 0 Å². The minimum absolute atomic E-state index is 0.186. The van der Waals surface area contributed by atoms with E-state index < -0.39 is 11.4 Å². The fourth-order valence-corrected chi connectivity index (χ4v) is 7.92. The van der Waals surface area contributed by atoms with Crippen LogP contribution in [-0.2, 0) is 17.8 Å². The number of carboxylic acid groups (broad SMARTS) is 1. The molecule has 3 fully saturated rings. The van der Waals surface area contributed by atoms with E-state index in [4.69, 9.17) is 5.10 Å². The van der Waals surface area contributed by atoms with Crippen molar-refractivity contribution in [3.8, 4) is 0 Å². The van der Waals surface area contributed by atoms with Crippen molar-refractivity contribution in [2.75, 3.05) is 39.3 Å². The summed E-state index contributed by atoms with van der Waals surface area (Å²) >= 11 is 0. The monoisotopic (exact) mass is 538 g/mol. The Morgan fingerprint density at radius 3 is 2.49 bits per heavy atom. The number of hydrogen-bond acceptors (Lipinski definition) is 4. The molecule has 2 saturated heterocycles. The molecule has 1 aliphatic carbocycles. The smallest absolute Gasteiger partial charge is 0.310 e. The average Bonchev–Trinajstić information content (AvgIpc) is 3.49. The molecule has 0 amide bonds. The Labute approximate surface area is 233 Å². The van der Waals surface area contributed by atoms with Gasteiger partial charge in [-0.3, -0.25) is 9.48 Å². The summed E-state index contributed by atoms with van der Waals surface area (Å²) in [5.41, 5.74) is 4.47. The van der Waals surface area contributed by atoms with Crippen molar-refractivity contribution in [3.05, 3.63) is 52.6 Å². The van der Waals surface area contributed by atoms with Gasteiger partial charge in [0.1, 0.15) is 5.82 Å². The predicted octanol–water partition coefficient (Wildman–Crippen LogP) is 5.84. The minimum atomic E-state index is -0.636. The van der Waals surface area contributed by atoms with Crippen LogP contribution >= 0.6 is 0 Å². The summed E-state index contributed by atoms with van der Waals surface area (Å²) in [6, 6.07) is 7.09. The first-order valence-electron chi connectivity index (χ1n) is 15.3. The van der Waals surface area contributed by atoms with Crippen molar-refractivity contribution in [1.82, 2.24) is 19.6 Å². The lowest BCUT2D eigenvalue weighted by Crippen LogP contribution is -2.44. The molecule has 1 N–H and O–H groups in total. The molecule has 39 heavy (non-hydrogen) atoms. The molecule has 2 atom stereocenters. The van der Waals surface area contributed by atoms with Crippen LogP contribution in [0.25, 0.3) is 0 Å². The van der Waals surface area contributed by atoms with Crippen LogP contribution in [0.5, 0.6) is 0 Å². The summed E-state index contributed by atoms with van der Waals surface area (Å²) in [4.78, 5) is 17.4. The van der Waals surface area contributed by atoms with Gasteiger partial charge < -0.3 is 14.9 Å². The third-order valence-corrected chi connectivity index (χ3v) is 10.0. The number of aryl methyl sites for hydroxylation is 2. The zero-order chi connectivity index (χ0) is 27.6. The second kappa shape index (κ2) is 12.1. The molecule has 1 aromatic heterocycles. The molecule has 5 rings (SSSR count). The molecule has 7 heteroatoms. The van der Waals surface area contributed by atoms with Gasteiger partial charge in [0.15, 0.2) is 0 Å². The fourth-order valence-electron chi connectivity index (χ4n) is 7.92. The number of carboxylic acids is 1. The van der Waals surface area contributed by atoms with E-state index in [9.17, 15) is 14.3 Å². The zero-order valence-electron chi connectivity index (χ0n) is 24.2. The maximum atomic E-state index is 14.3. The Morgan fingerprint density at radius 1 is 1.10 bits per heavy atom. The number of carbonyl (C=O) groups is 1. The van der Waals surface area contributed by atoms with Crippen LogP contribution in [-0.4, -0.2) is 69.9 Å². The van der Waals surface area contributed by atoms with Gasteiger partial charge in [-0.1, -0.05) is 38.3 Å². The molecule has 6 nitrogen and oxygen atoms in total. The van der Waals surface area contributed by atoms with Gasteiger partial charge in [0.05, 0.1) is 11.1 Å². The third-order valence-electron chi connectivity index (χ3n) is 10.0. The SMILES string of the molecule is CCc1nn(CC)c(C2CCN(C[C@@H]3CN(CC4(C(=O)O)CCCCC4)C[C@@H]3c3cccc(F)c3)CC2)c1C. The Bertz CT molecular complexity index is 1130. The van der Waals surface area contributed by atoms with Gasteiger partial charge in [-0.25, -0.2) is 4.39 Å². The van der Waals surface area contributed by atoms with E-state index in [-0.39, 0.29) is 11.7 Å². The summed E-state index contributed by atoms with van der Waals surface area (Å²) < 4.78 is 16.5. The molecule has 1 saturated carbocycles. The largest absolute Gasteiger partial charge is 0.481 e. The zero-order valence-corrected chi connectivity index (χ0v) is 24.2. The standard InChI is InChI=1S/C32H47FN4O2/c1-4-29-23(3)30(37(5-2)34-29)24-12-16-35(17-13-24)19-26-20-36(21-28(26)25-10-9-11-27(33)18-25)22-32(31(38)39)14-7-6-8-15-32/h9-11,18,24,26,28H,4-8,12-17,19-22H2,1-3H3,(H,38,39)/t26-,28-/m1/s1. The van der Waals surface area contributed by atoms with E-state index in [2.05, 4.69) is 41.3 Å². The summed E-state index contributed by atoms with van der Waals surface area (Å²) in [5, 5.41) is 15.1. The number of nitrogens with zero attached hydrogens (tertiary/aromatic N) is 4. The number of hydrogen-bond donors (Lipinski definition) is 1. The molecule has 3 aliphatic rings. The fraction of sp³-hybridized carbons (Fsp3) is 0.688. The first kappa shape index (κ1) is 28.3. The molecule has 214 valence electrons. The highest BCUT2D eigenvalue weighted by molar-refractivity contribution is 5.75. The number of halogens is 1. The van der Waals surface area contributed by atoms with Crippen LogP contribution in [0.2, 0.25) is 0 Å². The second-order valence-electron chi connectivity index (χ2n) is 12.5. The second-order valence-corrected chi connectivity index (χ2v) is 12.5. The highest BCUT2D eigenvalue weighted by Crippen LogP contribution is 2.41. The third kappa shape index (κ3) is 5.95. The van der Waals surface area contributed by atoms with Gasteiger partial charge in [0, 0.05) is 50.3 Å². The molecular formula is C32H47FN4O2. The van der Waals surface area contributed by atoms with Gasteiger partial charge in [-0.2, -0.15) is 5.10 Å². The molecular weight excluding hydrogens is 491 g/mol. The normalized spacial score (nSPS) is 24.8. The number of benzene rings is 1. The van der Waals surface area contributed by atoms with E-state index in [1.807, 2.05) is 6.07 Å². The average molecular weight is 539 g/mol. The predicted molar refractivity (Wildman–Crippen MR) is 153 cm³/mol. The summed E-state index contributed by atoms with van der Waals surface area (Å²) in [6.45, 7) is 13.0. The van der Waals surface area contributed by atoms with Crippen molar-refractivity contribution < 1.29 is 14.3 Å². The van der Waals surface area contributed by atoms with Crippen molar-refractivity contribution in [2.24, 2.45) is 11.3 Å². The number of likely N-dealkylation sites (tertiary alicyclic amines) is 2. The van der Waals surface area contributed by atoms with Gasteiger partial charge >= 0.3 is 5.97 Å². The lowest BCUT2D eigenvalue weighted by Gasteiger charge is -2.37. The van der Waals surface area contributed by atoms with Crippen LogP contribution in [0, 0.1) is 24.1 Å². The lowest BCUT2D eigenvalue weighted by atomic mass is 9.73. The number of aromatic nitrogens is 2. The van der Waals surface area contributed by atoms with E-state index in [1.165, 1.54) is 23.0 Å². The molecule has 0 spiro atoms. The molecule has 2 aliphatic heterocycles. The first-order valence-corrected chi connectivity index (χ1v) is 15.3. The van der Waals surface area contributed by atoms with Crippen LogP contribution in [0.15, 0.2) is 24.3 Å². The van der Waals surface area contributed by atoms with E-state index in [0.717, 1.165) is 96.2 Å². The van der Waals surface area contributed by atoms with Crippen LogP contribution in [0.4, 0.5) is 4.39 Å². The highest BCUT2D eigenvalue weighted by Gasteiger charge is 2.44. The number of rotatable bonds is 9. The summed E-state index contributed by atoms with van der Waals surface area (Å²) in [5.74, 6) is 0.322. The Morgan fingerprint density at radius 2 is 1.85 bits per heavy atom. The molecule has 3 heterocycles. The van der Waals surface area contributed by atoms with Crippen LogP contribution in [0.1, 0.15) is 93.1 Å². The van der Waals surface area contributed by atoms with Crippen molar-refractivity contribution in [2.45, 2.75) is 90.5 Å². The van der Waals surface area contributed by atoms with E-state index in [0.29, 0.717) is 18.4 Å². The molecule has 2 aromatic rings. The molecule has 0 radical (unpaired) electrons. The Hall–Kier alpha value is -2.25. The molecule has 0 bridgehead atoms. The van der Waals surface area contributed by atoms with Gasteiger partial charge in [0.25, 0.3) is 0 Å². The molecule has 1 aromatic carbocycles. The number of piperidine rings is 1. The lowest BCUT2D eigenvalue weighted by molar-refractivity contribution is -0.152. The molecule has 0 unspecified atom stereocenters. The van der Waals surface area contributed by atoms with Crippen molar-refractivity contribution >= 4 is 5.97 Å². The van der Waals surface area contributed by atoms with E-state index >= 15 is 0 Å². The number of aliphatic carboxylic acids is 1. The Kier molecular flexibility index (Phi) is 8.77. The van der Waals surface area contributed by atoms with Gasteiger partial charge in [-0.05, 0) is 88.2 Å². The van der Waals surface area contributed by atoms with Crippen LogP contribution in [0.3, 0.4) is 0 Å². The van der Waals surface area contributed by atoms with Gasteiger partial charge in [0.2, 0.25) is 0 Å². The summed E-state index contributed by atoms with van der Waals surface area (Å²) in [7, 11) is 0. The maximum absolute atomic E-state index is 14.3. The quantitative estimate of drug-likeness (QED) is 0.434. The Balaban J connectivity index is 1.28. The summed E-state index contributed by atoms with van der Waals surface area (Å²) in [6.07, 6.45) is 7.94. The van der Waals surface area contributed by atoms with Crippen molar-refractivity contribution in [1.29, 1.82) is 0 Å². The van der Waals surface area contributed by atoms with E-state index in [1.54, 1.807) is 6.07 Å². The minimum Gasteiger partial charge on any atom is -0.481 e.